The number of nitrogens with one attached hydrogen (secondary N) is 1. The van der Waals surface area contributed by atoms with Gasteiger partial charge < -0.3 is 19.7 Å². The zero-order chi connectivity index (χ0) is 19.0. The molecule has 6 nitrogen and oxygen atoms in total. The van der Waals surface area contributed by atoms with Crippen LogP contribution < -0.4 is 19.7 Å². The minimum Gasteiger partial charge on any atom is -0.454 e. The summed E-state index contributed by atoms with van der Waals surface area (Å²) in [5.74, 6) is 0.100. The molecule has 0 spiro atoms. The molecule has 2 aliphatic rings. The average Bonchev–Trinajstić information content (AvgIpc) is 3.28. The van der Waals surface area contributed by atoms with Crippen LogP contribution in [0.5, 0.6) is 11.5 Å². The first-order chi connectivity index (χ1) is 13.0. The Hall–Kier alpha value is -2.44. The van der Waals surface area contributed by atoms with Gasteiger partial charge in [-0.15, -0.1) is 0 Å². The number of nitrogens with zero attached hydrogens (tertiary/aromatic N) is 1. The first kappa shape index (κ1) is 17.9. The number of halogens is 2. The van der Waals surface area contributed by atoms with Crippen molar-refractivity contribution in [1.29, 1.82) is 0 Å². The molecule has 1 atom stereocenters. The van der Waals surface area contributed by atoms with Crippen LogP contribution in [-0.2, 0) is 16.1 Å². The van der Waals surface area contributed by atoms with Crippen LogP contribution in [0.25, 0.3) is 0 Å². The Labute approximate surface area is 165 Å². The highest BCUT2D eigenvalue weighted by atomic mass is 35.5. The molecule has 0 saturated carbocycles. The molecule has 2 amide bonds. The Bertz CT molecular complexity index is 919. The minimum atomic E-state index is -0.714. The lowest BCUT2D eigenvalue weighted by Gasteiger charge is -2.17. The molecule has 4 rings (SSSR count). The quantitative estimate of drug-likeness (QED) is 0.790. The lowest BCUT2D eigenvalue weighted by atomic mass is 10.1. The molecule has 0 bridgehead atoms. The number of fused-ring (bicyclic) bond motifs is 1. The number of benzene rings is 2. The normalized spacial score (nSPS) is 18.1. The monoisotopic (exact) mass is 406 g/mol. The summed E-state index contributed by atoms with van der Waals surface area (Å²) in [5.41, 5.74) is 1.51. The molecule has 27 heavy (non-hydrogen) atoms. The second-order valence-corrected chi connectivity index (χ2v) is 7.15. The standard InChI is InChI=1S/C19H16Cl2N2O4/c20-14-3-2-12(8-15(14)21)23-6-5-13(19(23)25)18(24)22-9-11-1-4-16-17(7-11)27-10-26-16/h1-4,7-8,13H,5-6,9-10H2,(H,22,24)/t13-/m1/s1. The number of rotatable bonds is 4. The molecule has 2 heterocycles. The molecule has 0 aliphatic carbocycles. The Morgan fingerprint density at radius 1 is 1.11 bits per heavy atom. The summed E-state index contributed by atoms with van der Waals surface area (Å²) in [4.78, 5) is 26.7. The van der Waals surface area contributed by atoms with Crippen molar-refractivity contribution in [2.45, 2.75) is 13.0 Å². The van der Waals surface area contributed by atoms with Gasteiger partial charge in [0, 0.05) is 18.8 Å². The molecule has 1 fully saturated rings. The van der Waals surface area contributed by atoms with E-state index in [1.54, 1.807) is 29.2 Å². The number of carbonyl (C=O) groups is 2. The smallest absolute Gasteiger partial charge is 0.239 e. The third-order valence-electron chi connectivity index (χ3n) is 4.64. The largest absolute Gasteiger partial charge is 0.454 e. The highest BCUT2D eigenvalue weighted by molar-refractivity contribution is 6.42. The van der Waals surface area contributed by atoms with Gasteiger partial charge in [0.25, 0.3) is 0 Å². The average molecular weight is 407 g/mol. The number of anilines is 1. The third-order valence-corrected chi connectivity index (χ3v) is 5.38. The molecule has 1 saturated heterocycles. The number of carbonyl (C=O) groups excluding carboxylic acids is 2. The second kappa shape index (κ2) is 7.29. The highest BCUT2D eigenvalue weighted by Gasteiger charge is 2.37. The summed E-state index contributed by atoms with van der Waals surface area (Å²) in [6.07, 6.45) is 0.450. The van der Waals surface area contributed by atoms with Crippen LogP contribution in [-0.4, -0.2) is 25.2 Å². The molecule has 2 aromatic rings. The van der Waals surface area contributed by atoms with Gasteiger partial charge in [-0.05, 0) is 42.3 Å². The molecule has 2 aromatic carbocycles. The van der Waals surface area contributed by atoms with Crippen molar-refractivity contribution in [3.05, 3.63) is 52.0 Å². The van der Waals surface area contributed by atoms with Crippen LogP contribution in [0.4, 0.5) is 5.69 Å². The molecule has 8 heteroatoms. The van der Waals surface area contributed by atoms with Gasteiger partial charge in [-0.25, -0.2) is 0 Å². The van der Waals surface area contributed by atoms with Crippen LogP contribution >= 0.6 is 23.2 Å². The predicted molar refractivity (Wildman–Crippen MR) is 101 cm³/mol. The first-order valence-electron chi connectivity index (χ1n) is 8.45. The maximum absolute atomic E-state index is 12.7. The van der Waals surface area contributed by atoms with Gasteiger partial charge >= 0.3 is 0 Å². The summed E-state index contributed by atoms with van der Waals surface area (Å²) in [6, 6.07) is 10.5. The van der Waals surface area contributed by atoms with E-state index in [1.807, 2.05) is 12.1 Å². The van der Waals surface area contributed by atoms with Gasteiger partial charge in [0.15, 0.2) is 11.5 Å². The van der Waals surface area contributed by atoms with E-state index in [-0.39, 0.29) is 18.6 Å². The Kier molecular flexibility index (Phi) is 4.85. The van der Waals surface area contributed by atoms with E-state index in [9.17, 15) is 9.59 Å². The molecular formula is C19H16Cl2N2O4. The summed E-state index contributed by atoms with van der Waals surface area (Å²) in [7, 11) is 0. The minimum absolute atomic E-state index is 0.201. The van der Waals surface area contributed by atoms with Crippen LogP contribution in [0.1, 0.15) is 12.0 Å². The van der Waals surface area contributed by atoms with E-state index in [4.69, 9.17) is 32.7 Å². The van der Waals surface area contributed by atoms with Gasteiger partial charge in [0.05, 0.1) is 10.0 Å². The van der Waals surface area contributed by atoms with Gasteiger partial charge in [0.1, 0.15) is 5.92 Å². The molecule has 1 N–H and O–H groups in total. The van der Waals surface area contributed by atoms with E-state index in [0.29, 0.717) is 46.7 Å². The second-order valence-electron chi connectivity index (χ2n) is 6.33. The van der Waals surface area contributed by atoms with Gasteiger partial charge in [-0.1, -0.05) is 29.3 Å². The zero-order valence-corrected chi connectivity index (χ0v) is 15.7. The maximum Gasteiger partial charge on any atom is 0.239 e. The molecular weight excluding hydrogens is 391 g/mol. The van der Waals surface area contributed by atoms with Crippen molar-refractivity contribution < 1.29 is 19.1 Å². The van der Waals surface area contributed by atoms with Crippen molar-refractivity contribution in [1.82, 2.24) is 5.32 Å². The topological polar surface area (TPSA) is 67.9 Å². The van der Waals surface area contributed by atoms with Crippen LogP contribution in [0.15, 0.2) is 36.4 Å². The molecule has 140 valence electrons. The Morgan fingerprint density at radius 2 is 1.93 bits per heavy atom. The number of amides is 2. The lowest BCUT2D eigenvalue weighted by Crippen LogP contribution is -2.36. The predicted octanol–water partition coefficient (Wildman–Crippen LogP) is 3.39. The van der Waals surface area contributed by atoms with E-state index < -0.39 is 5.92 Å². The Morgan fingerprint density at radius 3 is 2.74 bits per heavy atom. The van der Waals surface area contributed by atoms with Crippen molar-refractivity contribution >= 4 is 40.7 Å². The van der Waals surface area contributed by atoms with E-state index >= 15 is 0 Å². The fraction of sp³-hybridized carbons (Fsp3) is 0.263. The Balaban J connectivity index is 1.39. The van der Waals surface area contributed by atoms with Crippen molar-refractivity contribution in [3.63, 3.8) is 0 Å². The molecule has 2 aliphatic heterocycles. The van der Waals surface area contributed by atoms with E-state index in [1.165, 1.54) is 0 Å². The number of hydrogen-bond acceptors (Lipinski definition) is 4. The van der Waals surface area contributed by atoms with E-state index in [0.717, 1.165) is 5.56 Å². The zero-order valence-electron chi connectivity index (χ0n) is 14.2. The SMILES string of the molecule is O=C(NCc1ccc2c(c1)OCO2)[C@H]1CCN(c2ccc(Cl)c(Cl)c2)C1=O. The number of ether oxygens (including phenoxy) is 2. The van der Waals surface area contributed by atoms with Gasteiger partial charge in [-0.3, -0.25) is 9.59 Å². The van der Waals surface area contributed by atoms with E-state index in [2.05, 4.69) is 5.32 Å². The maximum atomic E-state index is 12.7. The van der Waals surface area contributed by atoms with Crippen molar-refractivity contribution in [3.8, 4) is 11.5 Å². The molecule has 0 aromatic heterocycles. The summed E-state index contributed by atoms with van der Waals surface area (Å²) in [6.45, 7) is 0.969. The van der Waals surface area contributed by atoms with Crippen molar-refractivity contribution in [2.24, 2.45) is 5.92 Å². The highest BCUT2D eigenvalue weighted by Crippen LogP contribution is 2.33. The summed E-state index contributed by atoms with van der Waals surface area (Å²) < 4.78 is 10.6. The van der Waals surface area contributed by atoms with Crippen LogP contribution in [0.3, 0.4) is 0 Å². The summed E-state index contributed by atoms with van der Waals surface area (Å²) >= 11 is 11.9. The third kappa shape index (κ3) is 3.55. The lowest BCUT2D eigenvalue weighted by molar-refractivity contribution is -0.132. The van der Waals surface area contributed by atoms with Crippen LogP contribution in [0, 0.1) is 5.92 Å². The fourth-order valence-electron chi connectivity index (χ4n) is 3.20. The van der Waals surface area contributed by atoms with Crippen LogP contribution in [0.2, 0.25) is 10.0 Å². The first-order valence-corrected chi connectivity index (χ1v) is 9.21. The summed E-state index contributed by atoms with van der Waals surface area (Å²) in [5, 5.41) is 3.62. The van der Waals surface area contributed by atoms with Crippen molar-refractivity contribution in [2.75, 3.05) is 18.2 Å². The number of hydrogen-bond donors (Lipinski definition) is 1. The fourth-order valence-corrected chi connectivity index (χ4v) is 3.49. The van der Waals surface area contributed by atoms with Gasteiger partial charge in [-0.2, -0.15) is 0 Å². The van der Waals surface area contributed by atoms with Gasteiger partial charge in [0.2, 0.25) is 18.6 Å². The molecule has 0 radical (unpaired) electrons. The molecule has 0 unspecified atom stereocenters.